The van der Waals surface area contributed by atoms with Crippen molar-refractivity contribution in [3.8, 4) is 16.9 Å². The van der Waals surface area contributed by atoms with Crippen molar-refractivity contribution in [1.29, 1.82) is 0 Å². The van der Waals surface area contributed by atoms with Crippen molar-refractivity contribution >= 4 is 34.4 Å². The summed E-state index contributed by atoms with van der Waals surface area (Å²) in [6.07, 6.45) is 6.83. The first-order chi connectivity index (χ1) is 17.2. The van der Waals surface area contributed by atoms with Gasteiger partial charge in [0, 0.05) is 47.2 Å². The molecular weight excluding hydrogens is 478 g/mol. The Morgan fingerprint density at radius 1 is 1.25 bits per heavy atom. The van der Waals surface area contributed by atoms with Crippen molar-refractivity contribution < 1.29 is 9.53 Å². The number of halogens is 1. The van der Waals surface area contributed by atoms with Crippen LogP contribution in [0.15, 0.2) is 30.9 Å². The molecule has 5 rings (SSSR count). The molecule has 1 atom stereocenters. The number of hydrogen-bond donors (Lipinski definition) is 1. The molecule has 3 aromatic heterocycles. The van der Waals surface area contributed by atoms with E-state index in [2.05, 4.69) is 15.0 Å². The van der Waals surface area contributed by atoms with Crippen molar-refractivity contribution in [2.75, 3.05) is 19.9 Å². The van der Waals surface area contributed by atoms with Crippen LogP contribution in [0.4, 0.5) is 5.82 Å². The molecule has 1 aliphatic rings. The minimum absolute atomic E-state index is 0.0464. The number of aromatic nitrogens is 5. The molecule has 0 saturated heterocycles. The number of nitrogen functional groups attached to an aromatic ring is 1. The van der Waals surface area contributed by atoms with Crippen molar-refractivity contribution in [2.45, 2.75) is 45.7 Å². The van der Waals surface area contributed by atoms with E-state index in [4.69, 9.17) is 27.2 Å². The molecule has 186 valence electrons. The molecule has 1 unspecified atom stereocenters. The van der Waals surface area contributed by atoms with Gasteiger partial charge in [-0.25, -0.2) is 14.6 Å². The van der Waals surface area contributed by atoms with E-state index < -0.39 is 0 Å². The predicted octanol–water partition coefficient (Wildman–Crippen LogP) is 4.59. The van der Waals surface area contributed by atoms with Gasteiger partial charge in [0.05, 0.1) is 29.8 Å². The quantitative estimate of drug-likeness (QED) is 0.407. The van der Waals surface area contributed by atoms with E-state index in [1.54, 1.807) is 29.1 Å². The minimum atomic E-state index is -0.291. The number of fused-ring (bicyclic) bond motifs is 1. The molecule has 1 saturated carbocycles. The Labute approximate surface area is 214 Å². The fraction of sp³-hybridized carbons (Fsp3) is 0.346. The Balaban J connectivity index is 1.65. The fourth-order valence-electron chi connectivity index (χ4n) is 4.72. The van der Waals surface area contributed by atoms with Crippen LogP contribution in [0.5, 0.6) is 5.75 Å². The SMILES string of the molecule is COc1c(C(C)n2nc(C)c3c(N)ncnc32)cc(Cl)c(C)c1-c1cncc(C(=O)N(C)C2CC2)c1. The maximum Gasteiger partial charge on any atom is 0.255 e. The topological polar surface area (TPSA) is 112 Å². The van der Waals surface area contributed by atoms with Gasteiger partial charge in [0.1, 0.15) is 17.9 Å². The number of amides is 1. The van der Waals surface area contributed by atoms with Crippen LogP contribution in [-0.4, -0.2) is 55.7 Å². The van der Waals surface area contributed by atoms with Crippen molar-refractivity contribution in [2.24, 2.45) is 0 Å². The lowest BCUT2D eigenvalue weighted by Gasteiger charge is -2.22. The first kappa shape index (κ1) is 24.0. The standard InChI is InChI=1S/C26H28ClN7O2/c1-13-20(27)9-19(15(3)34-25-22(14(2)32-34)24(28)30-12-31-25)23(36-5)21(13)16-8-17(11-29-10-16)26(35)33(4)18-6-7-18/h8-12,15,18H,6-7H2,1-5H3,(H2,28,30,31). The summed E-state index contributed by atoms with van der Waals surface area (Å²) in [5, 5.41) is 6.00. The van der Waals surface area contributed by atoms with Gasteiger partial charge < -0.3 is 15.4 Å². The molecule has 0 bridgehead atoms. The highest BCUT2D eigenvalue weighted by molar-refractivity contribution is 6.32. The van der Waals surface area contributed by atoms with Crippen LogP contribution in [0.1, 0.15) is 53.0 Å². The molecular formula is C26H28ClN7O2. The summed E-state index contributed by atoms with van der Waals surface area (Å²) in [5.74, 6) is 0.971. The van der Waals surface area contributed by atoms with Crippen molar-refractivity contribution in [3.05, 3.63) is 58.3 Å². The summed E-state index contributed by atoms with van der Waals surface area (Å²) in [6.45, 7) is 5.81. The first-order valence-corrected chi connectivity index (χ1v) is 12.2. The van der Waals surface area contributed by atoms with Crippen molar-refractivity contribution in [3.63, 3.8) is 0 Å². The van der Waals surface area contributed by atoms with E-state index in [0.717, 1.165) is 46.2 Å². The molecule has 2 N–H and O–H groups in total. The molecule has 1 fully saturated rings. The predicted molar refractivity (Wildman–Crippen MR) is 139 cm³/mol. The largest absolute Gasteiger partial charge is 0.496 e. The van der Waals surface area contributed by atoms with Crippen LogP contribution in [-0.2, 0) is 0 Å². The van der Waals surface area contributed by atoms with Gasteiger partial charge in [-0.3, -0.25) is 9.78 Å². The Bertz CT molecular complexity index is 1500. The average molecular weight is 506 g/mol. The van der Waals surface area contributed by atoms with Gasteiger partial charge in [-0.2, -0.15) is 5.10 Å². The average Bonchev–Trinajstić information content (AvgIpc) is 3.67. The Hall–Kier alpha value is -3.72. The van der Waals surface area contributed by atoms with E-state index in [9.17, 15) is 4.79 Å². The number of anilines is 1. The summed E-state index contributed by atoms with van der Waals surface area (Å²) >= 11 is 6.75. The molecule has 0 radical (unpaired) electrons. The fourth-order valence-corrected chi connectivity index (χ4v) is 4.93. The smallest absolute Gasteiger partial charge is 0.255 e. The maximum absolute atomic E-state index is 13.0. The number of carbonyl (C=O) groups excluding carboxylic acids is 1. The number of ether oxygens (including phenoxy) is 1. The number of methoxy groups -OCH3 is 1. The third-order valence-corrected chi connectivity index (χ3v) is 7.30. The summed E-state index contributed by atoms with van der Waals surface area (Å²) in [7, 11) is 3.46. The molecule has 36 heavy (non-hydrogen) atoms. The monoisotopic (exact) mass is 505 g/mol. The highest BCUT2D eigenvalue weighted by Gasteiger charge is 2.31. The van der Waals surface area contributed by atoms with E-state index in [-0.39, 0.29) is 11.9 Å². The summed E-state index contributed by atoms with van der Waals surface area (Å²) in [5.41, 5.74) is 11.2. The molecule has 10 heteroatoms. The Morgan fingerprint density at radius 3 is 2.69 bits per heavy atom. The number of hydrogen-bond acceptors (Lipinski definition) is 7. The van der Waals surface area contributed by atoms with Crippen LogP contribution < -0.4 is 10.5 Å². The molecule has 1 aliphatic carbocycles. The Kier molecular flexibility index (Phi) is 6.04. The second-order valence-electron chi connectivity index (χ2n) is 9.25. The zero-order valence-corrected chi connectivity index (χ0v) is 21.7. The first-order valence-electron chi connectivity index (χ1n) is 11.8. The number of benzene rings is 1. The highest BCUT2D eigenvalue weighted by atomic mass is 35.5. The van der Waals surface area contributed by atoms with Crippen LogP contribution in [0.25, 0.3) is 22.2 Å². The normalized spacial score (nSPS) is 14.2. The van der Waals surface area contributed by atoms with Gasteiger partial charge in [0.25, 0.3) is 5.91 Å². The molecule has 0 spiro atoms. The lowest BCUT2D eigenvalue weighted by molar-refractivity contribution is 0.0784. The minimum Gasteiger partial charge on any atom is -0.496 e. The van der Waals surface area contributed by atoms with Crippen LogP contribution in [0, 0.1) is 13.8 Å². The van der Waals surface area contributed by atoms with Crippen LogP contribution in [0.3, 0.4) is 0 Å². The summed E-state index contributed by atoms with van der Waals surface area (Å²) in [4.78, 5) is 27.7. The third-order valence-electron chi connectivity index (χ3n) is 6.91. The molecule has 9 nitrogen and oxygen atoms in total. The molecule has 4 aromatic rings. The van der Waals surface area contributed by atoms with Gasteiger partial charge in [0.15, 0.2) is 5.65 Å². The van der Waals surface area contributed by atoms with E-state index in [0.29, 0.717) is 33.8 Å². The maximum atomic E-state index is 13.0. The van der Waals surface area contributed by atoms with Crippen LogP contribution >= 0.6 is 11.6 Å². The number of rotatable bonds is 6. The third kappa shape index (κ3) is 3.93. The van der Waals surface area contributed by atoms with Gasteiger partial charge in [-0.05, 0) is 51.3 Å². The van der Waals surface area contributed by atoms with Crippen molar-refractivity contribution in [1.82, 2.24) is 29.6 Å². The number of pyridine rings is 1. The van der Waals surface area contributed by atoms with Crippen LogP contribution in [0.2, 0.25) is 5.02 Å². The molecule has 3 heterocycles. The van der Waals surface area contributed by atoms with E-state index in [1.165, 1.54) is 6.33 Å². The Morgan fingerprint density at radius 2 is 2.00 bits per heavy atom. The second-order valence-corrected chi connectivity index (χ2v) is 9.66. The number of aryl methyl sites for hydroxylation is 1. The molecule has 0 aliphatic heterocycles. The summed E-state index contributed by atoms with van der Waals surface area (Å²) < 4.78 is 7.77. The molecule has 1 aromatic carbocycles. The zero-order valence-electron chi connectivity index (χ0n) is 20.9. The van der Waals surface area contributed by atoms with Gasteiger partial charge in [0.2, 0.25) is 0 Å². The zero-order chi connectivity index (χ0) is 25.7. The lowest BCUT2D eigenvalue weighted by atomic mass is 9.94. The number of carbonyl (C=O) groups is 1. The second kappa shape index (κ2) is 9.05. The van der Waals surface area contributed by atoms with Gasteiger partial charge in [-0.1, -0.05) is 11.6 Å². The summed E-state index contributed by atoms with van der Waals surface area (Å²) in [6, 6.07) is 3.76. The molecule has 1 amide bonds. The highest BCUT2D eigenvalue weighted by Crippen LogP contribution is 2.43. The van der Waals surface area contributed by atoms with E-state index >= 15 is 0 Å². The lowest BCUT2D eigenvalue weighted by Crippen LogP contribution is -2.28. The number of nitrogens with two attached hydrogens (primary N) is 1. The van der Waals surface area contributed by atoms with E-state index in [1.807, 2.05) is 40.0 Å². The van der Waals surface area contributed by atoms with Gasteiger partial charge >= 0.3 is 0 Å². The van der Waals surface area contributed by atoms with Gasteiger partial charge in [-0.15, -0.1) is 0 Å². The number of nitrogens with zero attached hydrogens (tertiary/aromatic N) is 6.